The zero-order chi connectivity index (χ0) is 13.1. The minimum Gasteiger partial charge on any atom is -0.286 e. The van der Waals surface area contributed by atoms with Gasteiger partial charge in [0.25, 0.3) is 5.69 Å². The summed E-state index contributed by atoms with van der Waals surface area (Å²) in [5.41, 5.74) is -0.0788. The van der Waals surface area contributed by atoms with Crippen molar-refractivity contribution in [2.75, 3.05) is 12.0 Å². The van der Waals surface area contributed by atoms with Gasteiger partial charge in [0.15, 0.2) is 9.84 Å². The van der Waals surface area contributed by atoms with Crippen LogP contribution in [0.25, 0.3) is 0 Å². The molecule has 0 bridgehead atoms. The molecule has 8 heteroatoms. The lowest BCUT2D eigenvalue weighted by atomic mass is 10.3. The zero-order valence-corrected chi connectivity index (χ0v) is 10.5. The SMILES string of the molecule is CS(=O)(=O)CC(=O)Sc1ccc([N+](=O)[O-])cc1. The van der Waals surface area contributed by atoms with Crippen LogP contribution >= 0.6 is 11.8 Å². The van der Waals surface area contributed by atoms with Crippen LogP contribution in [0.2, 0.25) is 0 Å². The number of nitro benzene ring substituents is 1. The average Bonchev–Trinajstić information content (AvgIpc) is 2.15. The zero-order valence-electron chi connectivity index (χ0n) is 8.82. The highest BCUT2D eigenvalue weighted by Crippen LogP contribution is 2.22. The molecule has 0 N–H and O–H groups in total. The fraction of sp³-hybridized carbons (Fsp3) is 0.222. The molecule has 0 saturated carbocycles. The van der Waals surface area contributed by atoms with Crippen molar-refractivity contribution in [1.29, 1.82) is 0 Å². The fourth-order valence-electron chi connectivity index (χ4n) is 1.01. The van der Waals surface area contributed by atoms with Crippen LogP contribution in [0.4, 0.5) is 5.69 Å². The van der Waals surface area contributed by atoms with Gasteiger partial charge in [-0.25, -0.2) is 8.42 Å². The molecule has 0 atom stereocenters. The first-order chi connectivity index (χ1) is 7.78. The van der Waals surface area contributed by atoms with E-state index in [2.05, 4.69) is 0 Å². The molecule has 92 valence electrons. The predicted molar refractivity (Wildman–Crippen MR) is 63.7 cm³/mol. The number of benzene rings is 1. The molecule has 0 saturated heterocycles. The number of thioether (sulfide) groups is 1. The molecule has 0 fully saturated rings. The molecule has 1 aromatic rings. The van der Waals surface area contributed by atoms with E-state index in [0.29, 0.717) is 4.90 Å². The van der Waals surface area contributed by atoms with Crippen LogP contribution in [-0.4, -0.2) is 30.5 Å². The van der Waals surface area contributed by atoms with Crippen molar-refractivity contribution in [2.45, 2.75) is 4.90 Å². The normalized spacial score (nSPS) is 11.1. The minimum absolute atomic E-state index is 0.0788. The molecular weight excluding hydrogens is 266 g/mol. The van der Waals surface area contributed by atoms with Crippen molar-refractivity contribution in [3.05, 3.63) is 34.4 Å². The first-order valence-electron chi connectivity index (χ1n) is 4.41. The Hall–Kier alpha value is -1.41. The molecule has 0 unspecified atom stereocenters. The van der Waals surface area contributed by atoms with Crippen LogP contribution in [-0.2, 0) is 14.6 Å². The summed E-state index contributed by atoms with van der Waals surface area (Å²) in [6.07, 6.45) is 0.974. The number of carbonyl (C=O) groups is 1. The summed E-state index contributed by atoms with van der Waals surface area (Å²) in [7, 11) is -3.34. The molecule has 0 aliphatic heterocycles. The summed E-state index contributed by atoms with van der Waals surface area (Å²) < 4.78 is 21.7. The van der Waals surface area contributed by atoms with Crippen molar-refractivity contribution < 1.29 is 18.1 Å². The smallest absolute Gasteiger partial charge is 0.269 e. The number of nitro groups is 1. The second-order valence-electron chi connectivity index (χ2n) is 3.30. The van der Waals surface area contributed by atoms with Gasteiger partial charge in [0, 0.05) is 23.3 Å². The Labute approximate surface area is 102 Å². The van der Waals surface area contributed by atoms with E-state index < -0.39 is 25.6 Å². The molecule has 1 rings (SSSR count). The van der Waals surface area contributed by atoms with Gasteiger partial charge in [-0.05, 0) is 12.1 Å². The summed E-state index contributed by atoms with van der Waals surface area (Å²) in [6, 6.07) is 5.33. The van der Waals surface area contributed by atoms with E-state index in [4.69, 9.17) is 0 Å². The standard InChI is InChI=1S/C9H9NO5S2/c1-17(14,15)6-9(11)16-8-4-2-7(3-5-8)10(12)13/h2-5H,6H2,1H3. The third kappa shape index (κ3) is 4.96. The van der Waals surface area contributed by atoms with Crippen molar-refractivity contribution in [3.63, 3.8) is 0 Å². The van der Waals surface area contributed by atoms with Crippen LogP contribution in [0.3, 0.4) is 0 Å². The lowest BCUT2D eigenvalue weighted by Gasteiger charge is -1.99. The maximum Gasteiger partial charge on any atom is 0.269 e. The summed E-state index contributed by atoms with van der Waals surface area (Å²) in [6.45, 7) is 0. The van der Waals surface area contributed by atoms with Crippen LogP contribution < -0.4 is 0 Å². The number of hydrogen-bond acceptors (Lipinski definition) is 6. The van der Waals surface area contributed by atoms with Crippen LogP contribution in [0.1, 0.15) is 0 Å². The Morgan fingerprint density at radius 1 is 1.35 bits per heavy atom. The molecule has 0 spiro atoms. The number of rotatable bonds is 4. The third-order valence-electron chi connectivity index (χ3n) is 1.66. The number of non-ortho nitro benzene ring substituents is 1. The Bertz CT molecular complexity index is 535. The molecule has 0 aliphatic carbocycles. The summed E-state index contributed by atoms with van der Waals surface area (Å²) >= 11 is 0.750. The van der Waals surface area contributed by atoms with Crippen LogP contribution in [0.5, 0.6) is 0 Å². The Balaban J connectivity index is 2.70. The van der Waals surface area contributed by atoms with Gasteiger partial charge in [-0.15, -0.1) is 0 Å². The molecule has 0 amide bonds. The van der Waals surface area contributed by atoms with E-state index >= 15 is 0 Å². The van der Waals surface area contributed by atoms with Crippen molar-refractivity contribution in [1.82, 2.24) is 0 Å². The Morgan fingerprint density at radius 2 is 1.88 bits per heavy atom. The average molecular weight is 275 g/mol. The first kappa shape index (κ1) is 13.7. The number of carbonyl (C=O) groups excluding carboxylic acids is 1. The molecule has 0 aromatic heterocycles. The largest absolute Gasteiger partial charge is 0.286 e. The fourth-order valence-corrected chi connectivity index (χ4v) is 2.85. The summed E-state index contributed by atoms with van der Waals surface area (Å²) in [4.78, 5) is 21.6. The Morgan fingerprint density at radius 3 is 2.29 bits per heavy atom. The van der Waals surface area contributed by atoms with Gasteiger partial charge in [0.05, 0.1) is 4.92 Å². The predicted octanol–water partition coefficient (Wildman–Crippen LogP) is 1.26. The first-order valence-corrected chi connectivity index (χ1v) is 7.28. The van der Waals surface area contributed by atoms with E-state index in [1.54, 1.807) is 0 Å². The maximum atomic E-state index is 11.3. The number of nitrogens with zero attached hydrogens (tertiary/aromatic N) is 1. The highest BCUT2D eigenvalue weighted by molar-refractivity contribution is 8.15. The van der Waals surface area contributed by atoms with Gasteiger partial charge in [0.1, 0.15) is 5.75 Å². The number of hydrogen-bond donors (Lipinski definition) is 0. The maximum absolute atomic E-state index is 11.3. The second kappa shape index (κ2) is 5.28. The van der Waals surface area contributed by atoms with Gasteiger partial charge < -0.3 is 0 Å². The topological polar surface area (TPSA) is 94.3 Å². The minimum atomic E-state index is -3.34. The van der Waals surface area contributed by atoms with Crippen molar-refractivity contribution in [2.24, 2.45) is 0 Å². The molecule has 0 heterocycles. The molecular formula is C9H9NO5S2. The van der Waals surface area contributed by atoms with E-state index in [-0.39, 0.29) is 5.69 Å². The molecule has 0 aliphatic rings. The van der Waals surface area contributed by atoms with E-state index in [1.807, 2.05) is 0 Å². The van der Waals surface area contributed by atoms with Gasteiger partial charge >= 0.3 is 0 Å². The van der Waals surface area contributed by atoms with Crippen molar-refractivity contribution in [3.8, 4) is 0 Å². The quantitative estimate of drug-likeness (QED) is 0.466. The lowest BCUT2D eigenvalue weighted by molar-refractivity contribution is -0.384. The van der Waals surface area contributed by atoms with Crippen molar-refractivity contribution >= 4 is 32.4 Å². The van der Waals surface area contributed by atoms with E-state index in [1.165, 1.54) is 24.3 Å². The third-order valence-corrected chi connectivity index (χ3v) is 3.51. The highest BCUT2D eigenvalue weighted by atomic mass is 32.2. The Kier molecular flexibility index (Phi) is 4.24. The van der Waals surface area contributed by atoms with Gasteiger partial charge in [-0.2, -0.15) is 0 Å². The van der Waals surface area contributed by atoms with Crippen LogP contribution in [0.15, 0.2) is 29.2 Å². The lowest BCUT2D eigenvalue weighted by Crippen LogP contribution is -2.10. The monoisotopic (exact) mass is 275 g/mol. The summed E-state index contributed by atoms with van der Waals surface area (Å²) in [5.74, 6) is -0.547. The number of sulfone groups is 1. The highest BCUT2D eigenvalue weighted by Gasteiger charge is 2.13. The molecule has 1 aromatic carbocycles. The van der Waals surface area contributed by atoms with Gasteiger partial charge in [-0.1, -0.05) is 11.8 Å². The summed E-state index contributed by atoms with van der Waals surface area (Å²) in [5, 5.41) is 9.86. The van der Waals surface area contributed by atoms with E-state index in [9.17, 15) is 23.3 Å². The van der Waals surface area contributed by atoms with Gasteiger partial charge in [-0.3, -0.25) is 14.9 Å². The molecule has 6 nitrogen and oxygen atoms in total. The molecule has 17 heavy (non-hydrogen) atoms. The van der Waals surface area contributed by atoms with Crippen LogP contribution in [0, 0.1) is 10.1 Å². The second-order valence-corrected chi connectivity index (χ2v) is 6.57. The van der Waals surface area contributed by atoms with E-state index in [0.717, 1.165) is 18.0 Å². The van der Waals surface area contributed by atoms with Gasteiger partial charge in [0.2, 0.25) is 5.12 Å². The molecule has 0 radical (unpaired) electrons.